The Morgan fingerprint density at radius 1 is 1.14 bits per heavy atom. The van der Waals surface area contributed by atoms with Crippen molar-refractivity contribution in [1.82, 2.24) is 9.80 Å². The first-order valence-corrected chi connectivity index (χ1v) is 9.64. The van der Waals surface area contributed by atoms with E-state index in [1.165, 1.54) is 0 Å². The summed E-state index contributed by atoms with van der Waals surface area (Å²) < 4.78 is 10.6. The molecule has 0 aliphatic carbocycles. The molecule has 0 radical (unpaired) electrons. The minimum Gasteiger partial charge on any atom is -0.497 e. The number of amides is 2. The number of anilines is 1. The molecule has 0 saturated carbocycles. The second-order valence-corrected chi connectivity index (χ2v) is 6.95. The zero-order valence-electron chi connectivity index (χ0n) is 16.8. The number of rotatable bonds is 7. The van der Waals surface area contributed by atoms with Crippen LogP contribution in [0.5, 0.6) is 5.75 Å². The average Bonchev–Trinajstić information content (AvgIpc) is 2.75. The first-order valence-electron chi connectivity index (χ1n) is 9.64. The number of carbonyl (C=O) groups excluding carboxylic acids is 2. The molecular weight excluding hydrogens is 370 g/mol. The molecule has 0 bridgehead atoms. The number of benzene rings is 2. The number of methoxy groups -OCH3 is 1. The second kappa shape index (κ2) is 10.0. The van der Waals surface area contributed by atoms with Crippen molar-refractivity contribution in [3.8, 4) is 5.75 Å². The van der Waals surface area contributed by atoms with Gasteiger partial charge in [-0.05, 0) is 24.7 Å². The standard InChI is InChI=1S/C22H27N3O4/c1-24(16-20(26)23-18-9-6-10-19(15-18)28-2)21(17-7-4-3-5-8-17)22(27)25-11-13-29-14-12-25/h3-10,15,21H,11-14,16H2,1-2H3,(H,23,26)/t21-/m0/s1. The third-order valence-corrected chi connectivity index (χ3v) is 4.86. The minimum absolute atomic E-state index is 0.0174. The van der Waals surface area contributed by atoms with E-state index in [1.54, 1.807) is 36.1 Å². The monoisotopic (exact) mass is 397 g/mol. The third-order valence-electron chi connectivity index (χ3n) is 4.86. The molecule has 2 aromatic rings. The third kappa shape index (κ3) is 5.56. The highest BCUT2D eigenvalue weighted by Crippen LogP contribution is 2.23. The van der Waals surface area contributed by atoms with Crippen LogP contribution in [0.2, 0.25) is 0 Å². The fraction of sp³-hybridized carbons (Fsp3) is 0.364. The van der Waals surface area contributed by atoms with Gasteiger partial charge in [0.15, 0.2) is 0 Å². The van der Waals surface area contributed by atoms with Crippen LogP contribution >= 0.6 is 0 Å². The molecule has 3 rings (SSSR count). The average molecular weight is 397 g/mol. The fourth-order valence-electron chi connectivity index (χ4n) is 3.40. The van der Waals surface area contributed by atoms with E-state index in [1.807, 2.05) is 42.5 Å². The molecule has 1 saturated heterocycles. The molecule has 1 heterocycles. The van der Waals surface area contributed by atoms with Gasteiger partial charge in [0, 0.05) is 24.8 Å². The van der Waals surface area contributed by atoms with Crippen LogP contribution in [0.1, 0.15) is 11.6 Å². The molecule has 1 fully saturated rings. The van der Waals surface area contributed by atoms with Crippen molar-refractivity contribution in [2.24, 2.45) is 0 Å². The number of ether oxygens (including phenoxy) is 2. The zero-order chi connectivity index (χ0) is 20.6. The number of hydrogen-bond donors (Lipinski definition) is 1. The summed E-state index contributed by atoms with van der Waals surface area (Å²) in [6, 6.07) is 16.2. The van der Waals surface area contributed by atoms with Gasteiger partial charge in [-0.1, -0.05) is 36.4 Å². The molecule has 1 N–H and O–H groups in total. The molecule has 7 nitrogen and oxygen atoms in total. The SMILES string of the molecule is COc1cccc(NC(=O)CN(C)[C@H](C(=O)N2CCOCC2)c2ccccc2)c1. The van der Waals surface area contributed by atoms with Crippen LogP contribution in [0, 0.1) is 0 Å². The number of likely N-dealkylation sites (N-methyl/N-ethyl adjacent to an activating group) is 1. The van der Waals surface area contributed by atoms with Gasteiger partial charge in [-0.3, -0.25) is 14.5 Å². The van der Waals surface area contributed by atoms with Crippen molar-refractivity contribution >= 4 is 17.5 Å². The Hall–Kier alpha value is -2.90. The van der Waals surface area contributed by atoms with Crippen LogP contribution in [0.4, 0.5) is 5.69 Å². The van der Waals surface area contributed by atoms with Crippen LogP contribution in [0.25, 0.3) is 0 Å². The molecule has 2 aromatic carbocycles. The van der Waals surface area contributed by atoms with Gasteiger partial charge in [0.2, 0.25) is 11.8 Å². The summed E-state index contributed by atoms with van der Waals surface area (Å²) in [5.74, 6) is 0.452. The molecule has 1 aliphatic rings. The predicted molar refractivity (Wildman–Crippen MR) is 111 cm³/mol. The summed E-state index contributed by atoms with van der Waals surface area (Å²) in [4.78, 5) is 29.4. The van der Waals surface area contributed by atoms with E-state index >= 15 is 0 Å². The van der Waals surface area contributed by atoms with E-state index in [-0.39, 0.29) is 18.4 Å². The molecular formula is C22H27N3O4. The molecule has 154 valence electrons. The highest BCUT2D eigenvalue weighted by molar-refractivity contribution is 5.93. The minimum atomic E-state index is -0.537. The number of nitrogens with one attached hydrogen (secondary N) is 1. The van der Waals surface area contributed by atoms with Gasteiger partial charge >= 0.3 is 0 Å². The van der Waals surface area contributed by atoms with E-state index in [0.29, 0.717) is 37.7 Å². The second-order valence-electron chi connectivity index (χ2n) is 6.95. The summed E-state index contributed by atoms with van der Waals surface area (Å²) in [5.41, 5.74) is 1.51. The van der Waals surface area contributed by atoms with Crippen molar-refractivity contribution in [2.75, 3.05) is 52.3 Å². The van der Waals surface area contributed by atoms with Gasteiger partial charge in [-0.2, -0.15) is 0 Å². The van der Waals surface area contributed by atoms with Crippen LogP contribution in [0.15, 0.2) is 54.6 Å². The summed E-state index contributed by atoms with van der Waals surface area (Å²) in [7, 11) is 3.37. The quantitative estimate of drug-likeness (QED) is 0.775. The molecule has 0 spiro atoms. The summed E-state index contributed by atoms with van der Waals surface area (Å²) in [5, 5.41) is 2.87. The van der Waals surface area contributed by atoms with Crippen molar-refractivity contribution < 1.29 is 19.1 Å². The Balaban J connectivity index is 1.72. The molecule has 0 unspecified atom stereocenters. The largest absolute Gasteiger partial charge is 0.497 e. The summed E-state index contributed by atoms with van der Waals surface area (Å²) in [6.45, 7) is 2.27. The van der Waals surface area contributed by atoms with Crippen LogP contribution in [-0.2, 0) is 14.3 Å². The first-order chi connectivity index (χ1) is 14.1. The summed E-state index contributed by atoms with van der Waals surface area (Å²) in [6.07, 6.45) is 0. The van der Waals surface area contributed by atoms with Gasteiger partial charge in [0.05, 0.1) is 26.9 Å². The predicted octanol–water partition coefficient (Wildman–Crippen LogP) is 2.17. The highest BCUT2D eigenvalue weighted by Gasteiger charge is 2.31. The molecule has 2 amide bonds. The molecule has 1 atom stereocenters. The summed E-state index contributed by atoms with van der Waals surface area (Å²) >= 11 is 0. The molecule has 0 aromatic heterocycles. The lowest BCUT2D eigenvalue weighted by atomic mass is 10.0. The topological polar surface area (TPSA) is 71.1 Å². The maximum atomic E-state index is 13.2. The maximum absolute atomic E-state index is 13.2. The number of nitrogens with zero attached hydrogens (tertiary/aromatic N) is 2. The van der Waals surface area contributed by atoms with Gasteiger partial charge < -0.3 is 19.7 Å². The Kier molecular flexibility index (Phi) is 7.21. The Morgan fingerprint density at radius 2 is 1.86 bits per heavy atom. The van der Waals surface area contributed by atoms with E-state index < -0.39 is 6.04 Å². The van der Waals surface area contributed by atoms with E-state index in [9.17, 15) is 9.59 Å². The zero-order valence-corrected chi connectivity index (χ0v) is 16.8. The van der Waals surface area contributed by atoms with Gasteiger partial charge in [-0.15, -0.1) is 0 Å². The van der Waals surface area contributed by atoms with Crippen LogP contribution in [-0.4, -0.2) is 68.6 Å². The van der Waals surface area contributed by atoms with Crippen LogP contribution in [0.3, 0.4) is 0 Å². The lowest BCUT2D eigenvalue weighted by Gasteiger charge is -2.34. The van der Waals surface area contributed by atoms with Crippen molar-refractivity contribution in [3.05, 3.63) is 60.2 Å². The molecule has 29 heavy (non-hydrogen) atoms. The van der Waals surface area contributed by atoms with Crippen molar-refractivity contribution in [2.45, 2.75) is 6.04 Å². The van der Waals surface area contributed by atoms with E-state index in [4.69, 9.17) is 9.47 Å². The Labute approximate surface area is 171 Å². The lowest BCUT2D eigenvalue weighted by molar-refractivity contribution is -0.141. The van der Waals surface area contributed by atoms with Gasteiger partial charge in [-0.25, -0.2) is 0 Å². The molecule has 1 aliphatic heterocycles. The number of morpholine rings is 1. The maximum Gasteiger partial charge on any atom is 0.244 e. The first kappa shape index (κ1) is 20.8. The number of hydrogen-bond acceptors (Lipinski definition) is 5. The molecule has 7 heteroatoms. The highest BCUT2D eigenvalue weighted by atomic mass is 16.5. The Morgan fingerprint density at radius 3 is 2.55 bits per heavy atom. The van der Waals surface area contributed by atoms with Gasteiger partial charge in [0.1, 0.15) is 11.8 Å². The van der Waals surface area contributed by atoms with Crippen molar-refractivity contribution in [1.29, 1.82) is 0 Å². The van der Waals surface area contributed by atoms with Crippen LogP contribution < -0.4 is 10.1 Å². The smallest absolute Gasteiger partial charge is 0.244 e. The van der Waals surface area contributed by atoms with Crippen molar-refractivity contribution in [3.63, 3.8) is 0 Å². The Bertz CT molecular complexity index is 822. The van der Waals surface area contributed by atoms with E-state index in [0.717, 1.165) is 5.56 Å². The van der Waals surface area contributed by atoms with Gasteiger partial charge in [0.25, 0.3) is 0 Å². The fourth-order valence-corrected chi connectivity index (χ4v) is 3.40. The lowest BCUT2D eigenvalue weighted by Crippen LogP contribution is -2.47. The number of carbonyl (C=O) groups is 2. The van der Waals surface area contributed by atoms with E-state index in [2.05, 4.69) is 5.32 Å². The normalized spacial score (nSPS) is 15.1.